The third-order valence-electron chi connectivity index (χ3n) is 2.67. The van der Waals surface area contributed by atoms with Gasteiger partial charge in [0.05, 0.1) is 12.2 Å². The fourth-order valence-corrected chi connectivity index (χ4v) is 2.54. The zero-order valence-corrected chi connectivity index (χ0v) is 11.4. The molecule has 2 rings (SSSR count). The minimum absolute atomic E-state index is 0.340. The number of rotatable bonds is 6. The monoisotopic (exact) mass is 277 g/mol. The van der Waals surface area contributed by atoms with E-state index in [2.05, 4.69) is 5.32 Å². The van der Waals surface area contributed by atoms with Gasteiger partial charge in [-0.3, -0.25) is 0 Å². The van der Waals surface area contributed by atoms with E-state index < -0.39 is 5.97 Å². The van der Waals surface area contributed by atoms with Crippen molar-refractivity contribution in [1.82, 2.24) is 0 Å². The van der Waals surface area contributed by atoms with Crippen LogP contribution in [0, 0.1) is 0 Å². The lowest BCUT2D eigenvalue weighted by Crippen LogP contribution is -2.02. The topological polar surface area (TPSA) is 58.6 Å². The van der Waals surface area contributed by atoms with Crippen LogP contribution in [0.5, 0.6) is 0 Å². The van der Waals surface area contributed by atoms with Gasteiger partial charge in [0.1, 0.15) is 0 Å². The lowest BCUT2D eigenvalue weighted by molar-refractivity contribution is 0.0697. The highest BCUT2D eigenvalue weighted by Crippen LogP contribution is 2.20. The Morgan fingerprint density at radius 1 is 1.42 bits per heavy atom. The molecule has 0 amide bonds. The molecule has 0 unspecified atom stereocenters. The van der Waals surface area contributed by atoms with Gasteiger partial charge in [-0.15, -0.1) is 11.3 Å². The summed E-state index contributed by atoms with van der Waals surface area (Å²) in [6.07, 6.45) is 0. The van der Waals surface area contributed by atoms with Crippen LogP contribution in [0.3, 0.4) is 0 Å². The first-order valence-corrected chi connectivity index (χ1v) is 6.70. The van der Waals surface area contributed by atoms with Crippen LogP contribution in [-0.4, -0.2) is 18.2 Å². The normalized spacial score (nSPS) is 10.4. The maximum Gasteiger partial charge on any atom is 0.336 e. The summed E-state index contributed by atoms with van der Waals surface area (Å²) in [7, 11) is 1.66. The van der Waals surface area contributed by atoms with Gasteiger partial charge in [0, 0.05) is 35.2 Å². The number of benzene rings is 1. The van der Waals surface area contributed by atoms with Crippen LogP contribution < -0.4 is 5.32 Å². The molecular weight excluding hydrogens is 262 g/mol. The van der Waals surface area contributed by atoms with Gasteiger partial charge < -0.3 is 15.2 Å². The molecule has 0 spiro atoms. The minimum Gasteiger partial charge on any atom is -0.478 e. The predicted octanol–water partition coefficient (Wildman–Crippen LogP) is 3.20. The Hall–Kier alpha value is -1.85. The van der Waals surface area contributed by atoms with E-state index in [4.69, 9.17) is 9.84 Å². The van der Waals surface area contributed by atoms with Gasteiger partial charge in [-0.05, 0) is 12.1 Å². The molecule has 100 valence electrons. The molecule has 19 heavy (non-hydrogen) atoms. The van der Waals surface area contributed by atoms with Crippen LogP contribution in [0.1, 0.15) is 20.8 Å². The van der Waals surface area contributed by atoms with Crippen LogP contribution in [0.2, 0.25) is 0 Å². The summed E-state index contributed by atoms with van der Waals surface area (Å²) in [5.41, 5.74) is 2.43. The number of hydrogen-bond donors (Lipinski definition) is 2. The molecule has 0 fully saturated rings. The molecule has 2 aromatic rings. The first-order valence-electron chi connectivity index (χ1n) is 5.82. The van der Waals surface area contributed by atoms with Gasteiger partial charge in [-0.1, -0.05) is 18.2 Å². The Morgan fingerprint density at radius 2 is 2.21 bits per heavy atom. The Morgan fingerprint density at radius 3 is 2.89 bits per heavy atom. The Kier molecular flexibility index (Phi) is 4.54. The number of carboxylic acids is 1. The molecule has 2 N–H and O–H groups in total. The molecule has 0 bridgehead atoms. The molecule has 0 saturated carbocycles. The second-order valence-corrected chi connectivity index (χ2v) is 5.05. The highest BCUT2D eigenvalue weighted by atomic mass is 32.1. The van der Waals surface area contributed by atoms with Gasteiger partial charge in [-0.25, -0.2) is 4.79 Å². The fraction of sp³-hybridized carbons (Fsp3) is 0.214. The van der Waals surface area contributed by atoms with E-state index in [9.17, 15) is 4.79 Å². The summed E-state index contributed by atoms with van der Waals surface area (Å²) in [5.74, 6) is -0.887. The first-order chi connectivity index (χ1) is 9.20. The molecular formula is C14H15NO3S. The summed E-state index contributed by atoms with van der Waals surface area (Å²) < 4.78 is 5.14. The number of anilines is 1. The van der Waals surface area contributed by atoms with Crippen LogP contribution in [0.15, 0.2) is 35.7 Å². The summed E-state index contributed by atoms with van der Waals surface area (Å²) >= 11 is 1.44. The van der Waals surface area contributed by atoms with Gasteiger partial charge in [0.2, 0.25) is 0 Å². The quantitative estimate of drug-likeness (QED) is 0.851. The largest absolute Gasteiger partial charge is 0.478 e. The van der Waals surface area contributed by atoms with Gasteiger partial charge in [0.25, 0.3) is 0 Å². The zero-order valence-electron chi connectivity index (χ0n) is 10.6. The van der Waals surface area contributed by atoms with Crippen LogP contribution in [0.25, 0.3) is 0 Å². The summed E-state index contributed by atoms with van der Waals surface area (Å²) in [6, 6.07) is 9.60. The predicted molar refractivity (Wildman–Crippen MR) is 75.8 cm³/mol. The molecule has 5 heteroatoms. The smallest absolute Gasteiger partial charge is 0.336 e. The maximum absolute atomic E-state index is 10.8. The van der Waals surface area contributed by atoms with E-state index >= 15 is 0 Å². The van der Waals surface area contributed by atoms with Crippen LogP contribution in [-0.2, 0) is 17.9 Å². The average molecular weight is 277 g/mol. The van der Waals surface area contributed by atoms with Crippen molar-refractivity contribution in [2.45, 2.75) is 13.2 Å². The summed E-state index contributed by atoms with van der Waals surface area (Å²) in [4.78, 5) is 11.8. The van der Waals surface area contributed by atoms with Crippen molar-refractivity contribution in [3.8, 4) is 0 Å². The van der Waals surface area contributed by atoms with Crippen LogP contribution >= 0.6 is 11.3 Å². The standard InChI is InChI=1S/C14H15NO3S/c1-18-8-10-4-2-3-5-13(10)15-7-12-6-11(9-19-12)14(16)17/h2-6,9,15H,7-8H2,1H3,(H,16,17). The number of carbonyl (C=O) groups is 1. The number of ether oxygens (including phenoxy) is 1. The number of hydrogen-bond acceptors (Lipinski definition) is 4. The second-order valence-electron chi connectivity index (χ2n) is 4.05. The van der Waals surface area contributed by atoms with E-state index in [-0.39, 0.29) is 0 Å². The molecule has 0 radical (unpaired) electrons. The molecule has 1 aromatic heterocycles. The van der Waals surface area contributed by atoms with E-state index in [1.165, 1.54) is 11.3 Å². The van der Waals surface area contributed by atoms with Crippen molar-refractivity contribution in [3.63, 3.8) is 0 Å². The molecule has 1 heterocycles. The van der Waals surface area contributed by atoms with E-state index in [1.54, 1.807) is 18.6 Å². The van der Waals surface area contributed by atoms with Crippen molar-refractivity contribution in [2.75, 3.05) is 12.4 Å². The van der Waals surface area contributed by atoms with Gasteiger partial charge in [-0.2, -0.15) is 0 Å². The lowest BCUT2D eigenvalue weighted by atomic mass is 10.2. The summed E-state index contributed by atoms with van der Waals surface area (Å²) in [5, 5.41) is 13.8. The lowest BCUT2D eigenvalue weighted by Gasteiger charge is -2.10. The summed E-state index contributed by atoms with van der Waals surface area (Å²) in [6.45, 7) is 1.16. The Labute approximate surface area is 115 Å². The highest BCUT2D eigenvalue weighted by molar-refractivity contribution is 7.10. The minimum atomic E-state index is -0.887. The molecule has 0 atom stereocenters. The van der Waals surface area contributed by atoms with Crippen molar-refractivity contribution in [3.05, 3.63) is 51.7 Å². The third-order valence-corrected chi connectivity index (χ3v) is 3.61. The van der Waals surface area contributed by atoms with Crippen molar-refractivity contribution >= 4 is 23.0 Å². The molecule has 0 aliphatic carbocycles. The van der Waals surface area contributed by atoms with Gasteiger partial charge in [0.15, 0.2) is 0 Å². The third kappa shape index (κ3) is 3.56. The molecule has 0 aliphatic rings. The average Bonchev–Trinajstić information content (AvgIpc) is 2.87. The second kappa shape index (κ2) is 6.36. The number of methoxy groups -OCH3 is 1. The highest BCUT2D eigenvalue weighted by Gasteiger charge is 2.07. The first kappa shape index (κ1) is 13.6. The maximum atomic E-state index is 10.8. The van der Waals surface area contributed by atoms with E-state index in [1.807, 2.05) is 24.3 Å². The number of thiophene rings is 1. The molecule has 4 nitrogen and oxygen atoms in total. The zero-order chi connectivity index (χ0) is 13.7. The SMILES string of the molecule is COCc1ccccc1NCc1cc(C(=O)O)cs1. The fourth-order valence-electron chi connectivity index (χ4n) is 1.74. The van der Waals surface area contributed by atoms with Crippen molar-refractivity contribution < 1.29 is 14.6 Å². The van der Waals surface area contributed by atoms with Crippen molar-refractivity contribution in [1.29, 1.82) is 0 Å². The number of para-hydroxylation sites is 1. The van der Waals surface area contributed by atoms with Crippen molar-refractivity contribution in [2.24, 2.45) is 0 Å². The van der Waals surface area contributed by atoms with Crippen LogP contribution in [0.4, 0.5) is 5.69 Å². The number of aromatic carboxylic acids is 1. The van der Waals surface area contributed by atoms with E-state index in [0.29, 0.717) is 18.7 Å². The molecule has 0 aliphatic heterocycles. The molecule has 0 saturated heterocycles. The van der Waals surface area contributed by atoms with E-state index in [0.717, 1.165) is 16.1 Å². The number of carboxylic acid groups (broad SMARTS) is 1. The Balaban J connectivity index is 2.03. The Bertz CT molecular complexity index is 565. The van der Waals surface area contributed by atoms with Gasteiger partial charge >= 0.3 is 5.97 Å². The molecule has 1 aromatic carbocycles. The number of nitrogens with one attached hydrogen (secondary N) is 1.